The van der Waals surface area contributed by atoms with Crippen LogP contribution in [0.25, 0.3) is 0 Å². The van der Waals surface area contributed by atoms with Crippen molar-refractivity contribution in [2.45, 2.75) is 33.1 Å². The number of aliphatic hydroxyl groups excluding tert-OH is 2. The predicted molar refractivity (Wildman–Crippen MR) is 48.8 cm³/mol. The first kappa shape index (κ1) is 10.0. The lowest BCUT2D eigenvalue weighted by Gasteiger charge is -2.43. The maximum atomic E-state index is 9.27. The third-order valence-corrected chi connectivity index (χ3v) is 3.78. The van der Waals surface area contributed by atoms with Gasteiger partial charge in [0, 0.05) is 5.41 Å². The lowest BCUT2D eigenvalue weighted by atomic mass is 9.63. The summed E-state index contributed by atoms with van der Waals surface area (Å²) in [5, 5.41) is 18.5. The SMILES string of the molecule is CC1CCCC(CO)(CO)C1C. The Balaban J connectivity index is 2.71. The van der Waals surface area contributed by atoms with Gasteiger partial charge in [0.1, 0.15) is 0 Å². The van der Waals surface area contributed by atoms with Gasteiger partial charge in [-0.15, -0.1) is 0 Å². The van der Waals surface area contributed by atoms with Crippen LogP contribution in [0.3, 0.4) is 0 Å². The minimum atomic E-state index is -0.197. The van der Waals surface area contributed by atoms with Gasteiger partial charge in [-0.05, 0) is 18.3 Å². The van der Waals surface area contributed by atoms with Gasteiger partial charge in [-0.1, -0.05) is 26.7 Å². The van der Waals surface area contributed by atoms with Gasteiger partial charge in [-0.3, -0.25) is 0 Å². The quantitative estimate of drug-likeness (QED) is 0.661. The Morgan fingerprint density at radius 2 is 1.83 bits per heavy atom. The van der Waals surface area contributed by atoms with Crippen LogP contribution in [0.2, 0.25) is 0 Å². The first-order valence-electron chi connectivity index (χ1n) is 4.88. The molecule has 0 radical (unpaired) electrons. The van der Waals surface area contributed by atoms with Crippen molar-refractivity contribution in [3.05, 3.63) is 0 Å². The first-order valence-corrected chi connectivity index (χ1v) is 4.88. The van der Waals surface area contributed by atoms with E-state index in [4.69, 9.17) is 0 Å². The van der Waals surface area contributed by atoms with E-state index in [0.29, 0.717) is 11.8 Å². The van der Waals surface area contributed by atoms with Crippen LogP contribution in [0, 0.1) is 17.3 Å². The van der Waals surface area contributed by atoms with Gasteiger partial charge in [0.05, 0.1) is 13.2 Å². The maximum absolute atomic E-state index is 9.27. The second kappa shape index (κ2) is 3.75. The van der Waals surface area contributed by atoms with Crippen LogP contribution in [0.5, 0.6) is 0 Å². The average Bonchev–Trinajstić information content (AvgIpc) is 2.11. The molecular weight excluding hydrogens is 152 g/mol. The molecule has 1 fully saturated rings. The van der Waals surface area contributed by atoms with Crippen molar-refractivity contribution in [2.75, 3.05) is 13.2 Å². The third kappa shape index (κ3) is 1.50. The highest BCUT2D eigenvalue weighted by Crippen LogP contribution is 2.43. The zero-order valence-electron chi connectivity index (χ0n) is 8.08. The van der Waals surface area contributed by atoms with Crippen molar-refractivity contribution in [1.29, 1.82) is 0 Å². The molecule has 2 N–H and O–H groups in total. The summed E-state index contributed by atoms with van der Waals surface area (Å²) in [5.41, 5.74) is -0.197. The molecule has 0 aromatic rings. The molecule has 0 amide bonds. The normalized spacial score (nSPS) is 35.0. The number of aliphatic hydroxyl groups is 2. The third-order valence-electron chi connectivity index (χ3n) is 3.78. The van der Waals surface area contributed by atoms with Crippen molar-refractivity contribution < 1.29 is 10.2 Å². The molecule has 0 aromatic carbocycles. The molecule has 0 aromatic heterocycles. The van der Waals surface area contributed by atoms with E-state index >= 15 is 0 Å². The smallest absolute Gasteiger partial charge is 0.0512 e. The van der Waals surface area contributed by atoms with Crippen molar-refractivity contribution >= 4 is 0 Å². The highest BCUT2D eigenvalue weighted by Gasteiger charge is 2.40. The number of hydrogen-bond acceptors (Lipinski definition) is 2. The molecule has 2 nitrogen and oxygen atoms in total. The maximum Gasteiger partial charge on any atom is 0.0512 e. The molecule has 0 heterocycles. The van der Waals surface area contributed by atoms with E-state index in [1.54, 1.807) is 0 Å². The summed E-state index contributed by atoms with van der Waals surface area (Å²) in [6.07, 6.45) is 3.36. The molecule has 1 rings (SSSR count). The molecular formula is C10H20O2. The van der Waals surface area contributed by atoms with Crippen LogP contribution in [-0.4, -0.2) is 23.4 Å². The molecule has 2 unspecified atom stereocenters. The Labute approximate surface area is 74.6 Å². The molecule has 12 heavy (non-hydrogen) atoms. The van der Waals surface area contributed by atoms with E-state index in [1.807, 2.05) is 0 Å². The highest BCUT2D eigenvalue weighted by atomic mass is 16.3. The summed E-state index contributed by atoms with van der Waals surface area (Å²) in [5.74, 6) is 1.08. The summed E-state index contributed by atoms with van der Waals surface area (Å²) >= 11 is 0. The van der Waals surface area contributed by atoms with E-state index in [9.17, 15) is 10.2 Å². The molecule has 72 valence electrons. The second-order valence-corrected chi connectivity index (χ2v) is 4.34. The Morgan fingerprint density at radius 3 is 2.25 bits per heavy atom. The first-order chi connectivity index (χ1) is 5.66. The molecule has 0 spiro atoms. The van der Waals surface area contributed by atoms with E-state index in [0.717, 1.165) is 12.8 Å². The van der Waals surface area contributed by atoms with Crippen molar-refractivity contribution in [1.82, 2.24) is 0 Å². The monoisotopic (exact) mass is 172 g/mol. The van der Waals surface area contributed by atoms with Crippen molar-refractivity contribution in [3.63, 3.8) is 0 Å². The summed E-state index contributed by atoms with van der Waals surface area (Å²) in [6, 6.07) is 0. The second-order valence-electron chi connectivity index (χ2n) is 4.34. The van der Waals surface area contributed by atoms with Crippen LogP contribution >= 0.6 is 0 Å². The standard InChI is InChI=1S/C10H20O2/c1-8-4-3-5-10(6-11,7-12)9(8)2/h8-9,11-12H,3-7H2,1-2H3. The van der Waals surface area contributed by atoms with E-state index in [1.165, 1.54) is 6.42 Å². The number of rotatable bonds is 2. The fourth-order valence-corrected chi connectivity index (χ4v) is 2.35. The van der Waals surface area contributed by atoms with Crippen molar-refractivity contribution in [2.24, 2.45) is 17.3 Å². The fourth-order valence-electron chi connectivity index (χ4n) is 2.35. The summed E-state index contributed by atoms with van der Waals surface area (Å²) in [6.45, 7) is 4.63. The fraction of sp³-hybridized carbons (Fsp3) is 1.00. The largest absolute Gasteiger partial charge is 0.396 e. The van der Waals surface area contributed by atoms with Gasteiger partial charge in [0.25, 0.3) is 0 Å². The van der Waals surface area contributed by atoms with Crippen LogP contribution in [0.15, 0.2) is 0 Å². The van der Waals surface area contributed by atoms with Gasteiger partial charge in [-0.25, -0.2) is 0 Å². The van der Waals surface area contributed by atoms with E-state index < -0.39 is 0 Å². The Morgan fingerprint density at radius 1 is 1.25 bits per heavy atom. The Kier molecular flexibility index (Phi) is 3.13. The predicted octanol–water partition coefficient (Wildman–Crippen LogP) is 1.41. The van der Waals surface area contributed by atoms with Crippen LogP contribution < -0.4 is 0 Å². The summed E-state index contributed by atoms with van der Waals surface area (Å²) in [7, 11) is 0. The van der Waals surface area contributed by atoms with Gasteiger partial charge >= 0.3 is 0 Å². The van der Waals surface area contributed by atoms with Gasteiger partial charge in [0.15, 0.2) is 0 Å². The van der Waals surface area contributed by atoms with Gasteiger partial charge < -0.3 is 10.2 Å². The highest BCUT2D eigenvalue weighted by molar-refractivity contribution is 4.89. The summed E-state index contributed by atoms with van der Waals surface area (Å²) in [4.78, 5) is 0. The number of hydrogen-bond donors (Lipinski definition) is 2. The van der Waals surface area contributed by atoms with E-state index in [-0.39, 0.29) is 18.6 Å². The average molecular weight is 172 g/mol. The minimum Gasteiger partial charge on any atom is -0.396 e. The van der Waals surface area contributed by atoms with Crippen LogP contribution in [0.4, 0.5) is 0 Å². The lowest BCUT2D eigenvalue weighted by molar-refractivity contribution is -0.0392. The minimum absolute atomic E-state index is 0.134. The molecule has 2 heteroatoms. The van der Waals surface area contributed by atoms with Crippen LogP contribution in [0.1, 0.15) is 33.1 Å². The molecule has 2 atom stereocenters. The molecule has 0 saturated heterocycles. The van der Waals surface area contributed by atoms with E-state index in [2.05, 4.69) is 13.8 Å². The summed E-state index contributed by atoms with van der Waals surface area (Å²) < 4.78 is 0. The van der Waals surface area contributed by atoms with Crippen LogP contribution in [-0.2, 0) is 0 Å². The Hall–Kier alpha value is -0.0800. The van der Waals surface area contributed by atoms with Crippen molar-refractivity contribution in [3.8, 4) is 0 Å². The van der Waals surface area contributed by atoms with Gasteiger partial charge in [0.2, 0.25) is 0 Å². The Bertz CT molecular complexity index is 141. The molecule has 1 saturated carbocycles. The lowest BCUT2D eigenvalue weighted by Crippen LogP contribution is -2.42. The molecule has 0 aliphatic heterocycles. The van der Waals surface area contributed by atoms with Gasteiger partial charge in [-0.2, -0.15) is 0 Å². The zero-order valence-corrected chi connectivity index (χ0v) is 8.08. The zero-order chi connectivity index (χ0) is 9.19. The molecule has 1 aliphatic rings. The topological polar surface area (TPSA) is 40.5 Å². The molecule has 0 bridgehead atoms. The molecule has 1 aliphatic carbocycles.